The van der Waals surface area contributed by atoms with Crippen molar-refractivity contribution >= 4 is 38.8 Å². The van der Waals surface area contributed by atoms with Crippen LogP contribution < -0.4 is 5.56 Å². The molecule has 3 rings (SSSR count). The molecule has 0 spiro atoms. The van der Waals surface area contributed by atoms with Crippen molar-refractivity contribution in [2.45, 2.75) is 19.9 Å². The number of hydrogen-bond acceptors (Lipinski definition) is 6. The first kappa shape index (κ1) is 20.1. The van der Waals surface area contributed by atoms with Gasteiger partial charge in [-0.05, 0) is 25.0 Å². The van der Waals surface area contributed by atoms with Gasteiger partial charge in [-0.15, -0.1) is 11.3 Å². The van der Waals surface area contributed by atoms with Crippen molar-refractivity contribution in [3.8, 4) is 11.9 Å². The van der Waals surface area contributed by atoms with Crippen molar-refractivity contribution in [2.24, 2.45) is 0 Å². The number of thiophene rings is 1. The molecule has 3 aromatic rings. The molecule has 8 heteroatoms. The van der Waals surface area contributed by atoms with Crippen molar-refractivity contribution in [1.29, 1.82) is 5.26 Å². The molecule has 0 amide bonds. The predicted molar refractivity (Wildman–Crippen MR) is 109 cm³/mol. The van der Waals surface area contributed by atoms with E-state index in [-0.39, 0.29) is 28.1 Å². The van der Waals surface area contributed by atoms with Crippen LogP contribution >= 0.6 is 22.9 Å². The number of hydrogen-bond donors (Lipinski definition) is 1. The van der Waals surface area contributed by atoms with Crippen LogP contribution in [0.5, 0.6) is 5.88 Å². The van der Waals surface area contributed by atoms with E-state index < -0.39 is 17.2 Å². The number of methoxy groups -OCH3 is 1. The highest BCUT2D eigenvalue weighted by molar-refractivity contribution is 7.21. The number of benzene rings is 1. The molecular weight excluding hydrogens is 400 g/mol. The normalized spacial score (nSPS) is 10.9. The largest absolute Gasteiger partial charge is 0.494 e. The number of nitrogens with zero attached hydrogens (tertiary/aromatic N) is 2. The molecule has 2 heterocycles. The number of ketones is 1. The van der Waals surface area contributed by atoms with E-state index >= 15 is 0 Å². The predicted octanol–water partition coefficient (Wildman–Crippen LogP) is 3.87. The smallest absolute Gasteiger partial charge is 0.271 e. The van der Waals surface area contributed by atoms with Crippen LogP contribution in [0.3, 0.4) is 0 Å². The monoisotopic (exact) mass is 416 g/mol. The van der Waals surface area contributed by atoms with E-state index in [0.29, 0.717) is 18.1 Å². The van der Waals surface area contributed by atoms with Crippen LogP contribution in [-0.2, 0) is 11.3 Å². The molecule has 1 N–H and O–H groups in total. The second kappa shape index (κ2) is 8.15. The number of aromatic hydroxyl groups is 1. The maximum absolute atomic E-state index is 13.3. The number of rotatable bonds is 6. The second-order valence-electron chi connectivity index (χ2n) is 6.18. The van der Waals surface area contributed by atoms with E-state index in [2.05, 4.69) is 0 Å². The van der Waals surface area contributed by atoms with Crippen LogP contribution in [0.25, 0.3) is 10.1 Å². The Morgan fingerprint density at radius 3 is 2.75 bits per heavy atom. The summed E-state index contributed by atoms with van der Waals surface area (Å²) in [6, 6.07) is 9.17. The van der Waals surface area contributed by atoms with Crippen LogP contribution in [0.15, 0.2) is 29.1 Å². The topological polar surface area (TPSA) is 92.3 Å². The number of carbonyl (C=O) groups excluding carboxylic acids is 1. The fraction of sp³-hybridized carbons (Fsp3) is 0.250. The average Bonchev–Trinajstić information content (AvgIpc) is 3.02. The Hall–Kier alpha value is -2.66. The van der Waals surface area contributed by atoms with Crippen molar-refractivity contribution in [3.63, 3.8) is 0 Å². The minimum absolute atomic E-state index is 0.0815. The van der Waals surface area contributed by atoms with Crippen LogP contribution in [-0.4, -0.2) is 29.2 Å². The molecule has 144 valence electrons. The van der Waals surface area contributed by atoms with Gasteiger partial charge in [0, 0.05) is 30.3 Å². The third-order valence-electron chi connectivity index (χ3n) is 4.50. The van der Waals surface area contributed by atoms with Gasteiger partial charge in [0.05, 0.1) is 15.5 Å². The molecule has 0 bridgehead atoms. The third-order valence-corrected chi connectivity index (χ3v) is 6.17. The van der Waals surface area contributed by atoms with E-state index in [4.69, 9.17) is 16.3 Å². The number of carbonyl (C=O) groups is 1. The molecule has 0 unspecified atom stereocenters. The quantitative estimate of drug-likeness (QED) is 0.486. The van der Waals surface area contributed by atoms with E-state index in [1.165, 1.54) is 25.4 Å². The molecule has 0 aliphatic heterocycles. The summed E-state index contributed by atoms with van der Waals surface area (Å²) < 4.78 is 6.85. The van der Waals surface area contributed by atoms with E-state index in [9.17, 15) is 20.0 Å². The molecule has 2 aromatic heterocycles. The van der Waals surface area contributed by atoms with Gasteiger partial charge in [-0.2, -0.15) is 5.26 Å². The van der Waals surface area contributed by atoms with Gasteiger partial charge in [0.15, 0.2) is 0 Å². The average molecular weight is 417 g/mol. The highest BCUT2D eigenvalue weighted by atomic mass is 35.5. The molecular formula is C20H17ClN2O4S. The molecule has 0 aliphatic rings. The molecule has 0 atom stereocenters. The van der Waals surface area contributed by atoms with Crippen molar-refractivity contribution in [1.82, 2.24) is 4.57 Å². The summed E-state index contributed by atoms with van der Waals surface area (Å²) in [5.41, 5.74) is -0.739. The number of fused-ring (bicyclic) bond motifs is 1. The Bertz CT molecular complexity index is 1170. The summed E-state index contributed by atoms with van der Waals surface area (Å²) in [6.45, 7) is 1.97. The first-order valence-electron chi connectivity index (χ1n) is 8.49. The summed E-state index contributed by atoms with van der Waals surface area (Å²) in [7, 11) is 1.52. The number of pyridine rings is 1. The molecule has 0 radical (unpaired) electrons. The van der Waals surface area contributed by atoms with Gasteiger partial charge in [-0.3, -0.25) is 14.2 Å². The molecule has 28 heavy (non-hydrogen) atoms. The summed E-state index contributed by atoms with van der Waals surface area (Å²) in [5, 5.41) is 21.2. The Kier molecular flexibility index (Phi) is 5.84. The Morgan fingerprint density at radius 1 is 1.39 bits per heavy atom. The SMILES string of the molecule is COCCCn1c(O)c(C(=O)c2sc3ccccc3c2Cl)c(C)c(C#N)c1=O. The lowest BCUT2D eigenvalue weighted by Gasteiger charge is -2.15. The van der Waals surface area contributed by atoms with Gasteiger partial charge < -0.3 is 9.84 Å². The first-order chi connectivity index (χ1) is 13.4. The van der Waals surface area contributed by atoms with Crippen molar-refractivity contribution in [3.05, 3.63) is 61.2 Å². The van der Waals surface area contributed by atoms with Crippen LogP contribution in [0.4, 0.5) is 0 Å². The summed E-state index contributed by atoms with van der Waals surface area (Å²) in [4.78, 5) is 26.1. The van der Waals surface area contributed by atoms with Gasteiger partial charge in [0.25, 0.3) is 5.56 Å². The lowest BCUT2D eigenvalue weighted by Crippen LogP contribution is -2.27. The minimum Gasteiger partial charge on any atom is -0.494 e. The molecule has 0 saturated heterocycles. The lowest BCUT2D eigenvalue weighted by atomic mass is 10.0. The maximum Gasteiger partial charge on any atom is 0.271 e. The highest BCUT2D eigenvalue weighted by Crippen LogP contribution is 2.38. The minimum atomic E-state index is -0.632. The Labute approximate surface area is 170 Å². The summed E-state index contributed by atoms with van der Waals surface area (Å²) in [6.07, 6.45) is 0.440. The Balaban J connectivity index is 2.21. The molecule has 0 aliphatic carbocycles. The zero-order valence-corrected chi connectivity index (χ0v) is 16.9. The number of halogens is 1. The van der Waals surface area contributed by atoms with E-state index in [1.807, 2.05) is 30.3 Å². The highest BCUT2D eigenvalue weighted by Gasteiger charge is 2.27. The third kappa shape index (κ3) is 3.31. The van der Waals surface area contributed by atoms with E-state index in [0.717, 1.165) is 14.7 Å². The Morgan fingerprint density at radius 2 is 2.11 bits per heavy atom. The van der Waals surface area contributed by atoms with Gasteiger partial charge in [0.1, 0.15) is 11.6 Å². The van der Waals surface area contributed by atoms with Gasteiger partial charge >= 0.3 is 0 Å². The van der Waals surface area contributed by atoms with Crippen LogP contribution in [0.2, 0.25) is 5.02 Å². The van der Waals surface area contributed by atoms with Gasteiger partial charge in [-0.25, -0.2) is 0 Å². The zero-order chi connectivity index (χ0) is 20.4. The fourth-order valence-corrected chi connectivity index (χ4v) is 4.53. The summed E-state index contributed by atoms with van der Waals surface area (Å²) in [5.74, 6) is -0.977. The fourth-order valence-electron chi connectivity index (χ4n) is 3.07. The number of ether oxygens (including phenoxy) is 1. The summed E-state index contributed by atoms with van der Waals surface area (Å²) >= 11 is 7.62. The van der Waals surface area contributed by atoms with Crippen molar-refractivity contribution in [2.75, 3.05) is 13.7 Å². The second-order valence-corrected chi connectivity index (χ2v) is 7.61. The van der Waals surface area contributed by atoms with Crippen molar-refractivity contribution < 1.29 is 14.6 Å². The van der Waals surface area contributed by atoms with E-state index in [1.54, 1.807) is 0 Å². The number of nitriles is 1. The molecule has 0 saturated carbocycles. The molecule has 0 fully saturated rings. The van der Waals surface area contributed by atoms with Gasteiger partial charge in [-0.1, -0.05) is 29.8 Å². The van der Waals surface area contributed by atoms with Crippen LogP contribution in [0.1, 0.15) is 32.8 Å². The standard InChI is InChI=1S/C20H17ClN2O4S/c1-11-13(10-22)19(25)23(8-5-9-27-2)20(26)15(11)17(24)18-16(21)12-6-3-4-7-14(12)28-18/h3-4,6-7,26H,5,8-9H2,1-2H3. The zero-order valence-electron chi connectivity index (χ0n) is 15.3. The maximum atomic E-state index is 13.3. The molecule has 1 aromatic carbocycles. The first-order valence-corrected chi connectivity index (χ1v) is 9.68. The number of aromatic nitrogens is 1. The van der Waals surface area contributed by atoms with Gasteiger partial charge in [0.2, 0.25) is 11.7 Å². The lowest BCUT2D eigenvalue weighted by molar-refractivity contribution is 0.103. The van der Waals surface area contributed by atoms with Crippen LogP contribution in [0, 0.1) is 18.3 Å². The molecule has 6 nitrogen and oxygen atoms in total.